The van der Waals surface area contributed by atoms with Gasteiger partial charge in [-0.15, -0.1) is 0 Å². The van der Waals surface area contributed by atoms with Crippen molar-refractivity contribution in [3.8, 4) is 11.1 Å². The molecule has 1 aliphatic heterocycles. The number of carbonyl (C=O) groups excluding carboxylic acids is 1. The molecule has 0 aliphatic carbocycles. The number of anilines is 2. The number of aromatic nitrogens is 1. The van der Waals surface area contributed by atoms with Gasteiger partial charge in [-0.3, -0.25) is 9.69 Å². The predicted molar refractivity (Wildman–Crippen MR) is 118 cm³/mol. The third kappa shape index (κ3) is 4.46. The van der Waals surface area contributed by atoms with Crippen LogP contribution in [-0.2, 0) is 4.79 Å². The van der Waals surface area contributed by atoms with E-state index in [1.165, 1.54) is 0 Å². The highest BCUT2D eigenvalue weighted by atomic mass is 16.2. The molecule has 1 saturated heterocycles. The van der Waals surface area contributed by atoms with E-state index in [4.69, 9.17) is 0 Å². The van der Waals surface area contributed by atoms with Crippen LogP contribution in [0.5, 0.6) is 0 Å². The number of pyridine rings is 1. The number of nitrogens with zero attached hydrogens (tertiary/aromatic N) is 3. The van der Waals surface area contributed by atoms with Crippen LogP contribution in [0.25, 0.3) is 11.1 Å². The lowest BCUT2D eigenvalue weighted by molar-refractivity contribution is -0.120. The number of piperazine rings is 1. The minimum absolute atomic E-state index is 0.0275. The highest BCUT2D eigenvalue weighted by Gasteiger charge is 2.26. The molecular formula is C24H26N4O. The number of carbonyl (C=O) groups is 1. The number of benzene rings is 2. The van der Waals surface area contributed by atoms with Gasteiger partial charge in [-0.25, -0.2) is 4.98 Å². The van der Waals surface area contributed by atoms with Crippen molar-refractivity contribution in [3.63, 3.8) is 0 Å². The monoisotopic (exact) mass is 386 g/mol. The maximum Gasteiger partial charge on any atom is 0.241 e. The molecule has 2 heterocycles. The molecule has 5 nitrogen and oxygen atoms in total. The molecule has 1 fully saturated rings. The Morgan fingerprint density at radius 1 is 0.897 bits per heavy atom. The van der Waals surface area contributed by atoms with Crippen LogP contribution >= 0.6 is 0 Å². The van der Waals surface area contributed by atoms with E-state index in [1.54, 1.807) is 0 Å². The lowest BCUT2D eigenvalue weighted by Crippen LogP contribution is -2.53. The average molecular weight is 386 g/mol. The molecule has 3 aromatic rings. The molecule has 1 aliphatic rings. The van der Waals surface area contributed by atoms with Crippen molar-refractivity contribution in [1.29, 1.82) is 0 Å². The van der Waals surface area contributed by atoms with Crippen molar-refractivity contribution in [2.75, 3.05) is 36.4 Å². The van der Waals surface area contributed by atoms with Gasteiger partial charge in [-0.1, -0.05) is 54.6 Å². The van der Waals surface area contributed by atoms with E-state index in [-0.39, 0.29) is 11.9 Å². The first-order valence-electron chi connectivity index (χ1n) is 10.1. The van der Waals surface area contributed by atoms with Gasteiger partial charge in [0.15, 0.2) is 0 Å². The van der Waals surface area contributed by atoms with Gasteiger partial charge < -0.3 is 10.2 Å². The van der Waals surface area contributed by atoms with Gasteiger partial charge in [0.25, 0.3) is 0 Å². The second kappa shape index (κ2) is 8.88. The fraction of sp³-hybridized carbons (Fsp3) is 0.250. The Hall–Kier alpha value is -3.18. The number of amides is 1. The predicted octanol–water partition coefficient (Wildman–Crippen LogP) is 3.90. The van der Waals surface area contributed by atoms with Crippen molar-refractivity contribution >= 4 is 17.4 Å². The Morgan fingerprint density at radius 2 is 1.59 bits per heavy atom. The lowest BCUT2D eigenvalue weighted by Gasteiger charge is -2.38. The number of hydrogen-bond acceptors (Lipinski definition) is 4. The fourth-order valence-corrected chi connectivity index (χ4v) is 3.74. The zero-order chi connectivity index (χ0) is 20.1. The van der Waals surface area contributed by atoms with E-state index in [9.17, 15) is 4.79 Å². The summed E-state index contributed by atoms with van der Waals surface area (Å²) in [7, 11) is 0. The smallest absolute Gasteiger partial charge is 0.241 e. The van der Waals surface area contributed by atoms with Gasteiger partial charge in [0.2, 0.25) is 5.91 Å². The second-order valence-corrected chi connectivity index (χ2v) is 7.29. The number of rotatable bonds is 5. The van der Waals surface area contributed by atoms with Crippen molar-refractivity contribution in [2.24, 2.45) is 0 Å². The molecule has 29 heavy (non-hydrogen) atoms. The van der Waals surface area contributed by atoms with Gasteiger partial charge in [-0.2, -0.15) is 0 Å². The van der Waals surface area contributed by atoms with E-state index in [0.29, 0.717) is 0 Å². The first-order valence-corrected chi connectivity index (χ1v) is 10.1. The zero-order valence-corrected chi connectivity index (χ0v) is 16.7. The summed E-state index contributed by atoms with van der Waals surface area (Å²) in [6.07, 6.45) is 1.82. The minimum atomic E-state index is -0.190. The molecule has 2 aromatic carbocycles. The summed E-state index contributed by atoms with van der Waals surface area (Å²) in [4.78, 5) is 21.9. The van der Waals surface area contributed by atoms with Crippen molar-refractivity contribution in [3.05, 3.63) is 79.0 Å². The molecule has 148 valence electrons. The van der Waals surface area contributed by atoms with Crippen LogP contribution in [0.15, 0.2) is 79.0 Å². The summed E-state index contributed by atoms with van der Waals surface area (Å²) < 4.78 is 0. The average Bonchev–Trinajstić information content (AvgIpc) is 2.80. The molecule has 0 saturated carbocycles. The summed E-state index contributed by atoms with van der Waals surface area (Å²) in [6, 6.07) is 23.9. The summed E-state index contributed by atoms with van der Waals surface area (Å²) in [6.45, 7) is 5.40. The van der Waals surface area contributed by atoms with Gasteiger partial charge in [0.1, 0.15) is 5.82 Å². The Morgan fingerprint density at radius 3 is 2.31 bits per heavy atom. The molecule has 0 unspecified atom stereocenters. The van der Waals surface area contributed by atoms with E-state index >= 15 is 0 Å². The molecule has 0 bridgehead atoms. The Bertz CT molecular complexity index is 937. The van der Waals surface area contributed by atoms with Crippen LogP contribution < -0.4 is 10.2 Å². The Labute approximate surface area is 172 Å². The summed E-state index contributed by atoms with van der Waals surface area (Å²) in [5, 5.41) is 3.14. The third-order valence-corrected chi connectivity index (χ3v) is 5.48. The van der Waals surface area contributed by atoms with Crippen molar-refractivity contribution in [1.82, 2.24) is 9.88 Å². The van der Waals surface area contributed by atoms with Crippen LogP contribution in [0.1, 0.15) is 6.92 Å². The van der Waals surface area contributed by atoms with E-state index in [1.807, 2.05) is 73.8 Å². The SMILES string of the molecule is C[C@@H](C(=O)Nc1ccccc1-c1ccccc1)N1CCN(c2ccccn2)CC1. The maximum atomic E-state index is 13.0. The van der Waals surface area contributed by atoms with E-state index in [2.05, 4.69) is 32.2 Å². The molecule has 1 atom stereocenters. The van der Waals surface area contributed by atoms with Gasteiger partial charge in [0, 0.05) is 43.6 Å². The quantitative estimate of drug-likeness (QED) is 0.723. The number of nitrogens with one attached hydrogen (secondary N) is 1. The lowest BCUT2D eigenvalue weighted by atomic mass is 10.0. The number of para-hydroxylation sites is 1. The minimum Gasteiger partial charge on any atom is -0.354 e. The van der Waals surface area contributed by atoms with E-state index in [0.717, 1.165) is 48.8 Å². The fourth-order valence-electron chi connectivity index (χ4n) is 3.74. The van der Waals surface area contributed by atoms with Crippen molar-refractivity contribution < 1.29 is 4.79 Å². The highest BCUT2D eigenvalue weighted by Crippen LogP contribution is 2.28. The second-order valence-electron chi connectivity index (χ2n) is 7.29. The third-order valence-electron chi connectivity index (χ3n) is 5.48. The van der Waals surface area contributed by atoms with Crippen LogP contribution in [0.2, 0.25) is 0 Å². The first-order chi connectivity index (χ1) is 14.2. The van der Waals surface area contributed by atoms with Crippen LogP contribution in [0.4, 0.5) is 11.5 Å². The Kier molecular flexibility index (Phi) is 5.86. The molecule has 4 rings (SSSR count). The van der Waals surface area contributed by atoms with Crippen LogP contribution in [0.3, 0.4) is 0 Å². The molecular weight excluding hydrogens is 360 g/mol. The molecule has 0 radical (unpaired) electrons. The molecule has 1 N–H and O–H groups in total. The summed E-state index contributed by atoms with van der Waals surface area (Å²) in [5.41, 5.74) is 2.98. The molecule has 1 amide bonds. The largest absolute Gasteiger partial charge is 0.354 e. The zero-order valence-electron chi connectivity index (χ0n) is 16.7. The van der Waals surface area contributed by atoms with Crippen LogP contribution in [-0.4, -0.2) is 48.0 Å². The molecule has 1 aromatic heterocycles. The number of hydrogen-bond donors (Lipinski definition) is 1. The van der Waals surface area contributed by atoms with Crippen molar-refractivity contribution in [2.45, 2.75) is 13.0 Å². The summed E-state index contributed by atoms with van der Waals surface area (Å²) in [5.74, 6) is 1.03. The van der Waals surface area contributed by atoms with Gasteiger partial charge >= 0.3 is 0 Å². The first kappa shape index (κ1) is 19.2. The molecule has 5 heteroatoms. The molecule has 0 spiro atoms. The van der Waals surface area contributed by atoms with E-state index < -0.39 is 0 Å². The standard InChI is InChI=1S/C24H26N4O/c1-19(27-15-17-28(18-16-27)23-13-7-8-14-25-23)24(29)26-22-12-6-5-11-21(22)20-9-3-2-4-10-20/h2-14,19H,15-18H2,1H3,(H,26,29)/t19-/m0/s1. The maximum absolute atomic E-state index is 13.0. The van der Waals surface area contributed by atoms with Gasteiger partial charge in [0.05, 0.1) is 6.04 Å². The summed E-state index contributed by atoms with van der Waals surface area (Å²) >= 11 is 0. The van der Waals surface area contributed by atoms with Crippen LogP contribution in [0, 0.1) is 0 Å². The van der Waals surface area contributed by atoms with Gasteiger partial charge in [-0.05, 0) is 30.7 Å². The topological polar surface area (TPSA) is 48.5 Å². The highest BCUT2D eigenvalue weighted by molar-refractivity contribution is 5.98. The Balaban J connectivity index is 1.40. The normalized spacial score (nSPS) is 15.7.